The first kappa shape index (κ1) is 19.0. The second-order valence-corrected chi connectivity index (χ2v) is 7.39. The van der Waals surface area contributed by atoms with E-state index in [0.717, 1.165) is 31.9 Å². The Morgan fingerprint density at radius 2 is 2.04 bits per heavy atom. The van der Waals surface area contributed by atoms with E-state index in [0.29, 0.717) is 24.7 Å². The lowest BCUT2D eigenvalue weighted by atomic mass is 10.2. The summed E-state index contributed by atoms with van der Waals surface area (Å²) in [6.45, 7) is 11.4. The summed E-state index contributed by atoms with van der Waals surface area (Å²) >= 11 is 5.94. The quantitative estimate of drug-likeness (QED) is 0.823. The molecule has 1 N–H and O–H groups in total. The number of aromatic nitrogens is 1. The maximum atomic E-state index is 12.0. The van der Waals surface area contributed by atoms with Gasteiger partial charge in [0.15, 0.2) is 0 Å². The van der Waals surface area contributed by atoms with Crippen molar-refractivity contribution in [1.82, 2.24) is 20.1 Å². The van der Waals surface area contributed by atoms with E-state index in [4.69, 9.17) is 16.3 Å². The molecular formula is C17H27ClN4O2. The van der Waals surface area contributed by atoms with Crippen LogP contribution in [0.5, 0.6) is 0 Å². The number of hydrogen-bond acceptors (Lipinski definition) is 5. The molecule has 1 aromatic rings. The number of nitrogens with one attached hydrogen (secondary N) is 1. The number of pyridine rings is 1. The van der Waals surface area contributed by atoms with E-state index in [1.54, 1.807) is 17.2 Å². The van der Waals surface area contributed by atoms with Gasteiger partial charge in [-0.25, -0.2) is 4.79 Å². The molecule has 7 heteroatoms. The Hall–Kier alpha value is -1.37. The lowest BCUT2D eigenvalue weighted by molar-refractivity contribution is 0.0146. The van der Waals surface area contributed by atoms with Crippen LogP contribution in [0, 0.1) is 0 Å². The van der Waals surface area contributed by atoms with Gasteiger partial charge in [-0.2, -0.15) is 0 Å². The average molecular weight is 355 g/mol. The minimum atomic E-state index is -0.438. The van der Waals surface area contributed by atoms with Crippen LogP contribution in [0.2, 0.25) is 5.02 Å². The van der Waals surface area contributed by atoms with Crippen LogP contribution < -0.4 is 5.32 Å². The molecule has 0 saturated carbocycles. The monoisotopic (exact) mass is 354 g/mol. The van der Waals surface area contributed by atoms with Gasteiger partial charge >= 0.3 is 6.09 Å². The van der Waals surface area contributed by atoms with Gasteiger partial charge in [-0.05, 0) is 32.9 Å². The zero-order chi connectivity index (χ0) is 17.6. The first-order valence-corrected chi connectivity index (χ1v) is 8.73. The summed E-state index contributed by atoms with van der Waals surface area (Å²) in [4.78, 5) is 20.4. The number of piperazine rings is 1. The Morgan fingerprint density at radius 1 is 1.33 bits per heavy atom. The number of carbonyl (C=O) groups excluding carboxylic acids is 1. The van der Waals surface area contributed by atoms with E-state index < -0.39 is 5.60 Å². The lowest BCUT2D eigenvalue weighted by Crippen LogP contribution is -2.51. The van der Waals surface area contributed by atoms with Gasteiger partial charge in [0.2, 0.25) is 0 Å². The molecule has 0 bridgehead atoms. The Morgan fingerprint density at radius 3 is 2.67 bits per heavy atom. The lowest BCUT2D eigenvalue weighted by Gasteiger charge is -2.35. The normalized spacial score (nSPS) is 16.2. The molecule has 134 valence electrons. The highest BCUT2D eigenvalue weighted by Crippen LogP contribution is 2.11. The number of rotatable bonds is 5. The van der Waals surface area contributed by atoms with Crippen molar-refractivity contribution in [2.45, 2.75) is 32.9 Å². The first-order chi connectivity index (χ1) is 11.3. The molecule has 6 nitrogen and oxygen atoms in total. The number of halogens is 1. The van der Waals surface area contributed by atoms with Gasteiger partial charge in [-0.3, -0.25) is 9.88 Å². The highest BCUT2D eigenvalue weighted by Gasteiger charge is 2.25. The van der Waals surface area contributed by atoms with Crippen molar-refractivity contribution in [3.63, 3.8) is 0 Å². The molecule has 0 atom stereocenters. The Balaban J connectivity index is 1.62. The molecule has 0 aromatic carbocycles. The largest absolute Gasteiger partial charge is 0.444 e. The van der Waals surface area contributed by atoms with Crippen molar-refractivity contribution in [2.75, 3.05) is 39.3 Å². The van der Waals surface area contributed by atoms with Gasteiger partial charge in [0.1, 0.15) is 5.60 Å². The fourth-order valence-electron chi connectivity index (χ4n) is 2.48. The summed E-state index contributed by atoms with van der Waals surface area (Å²) in [6.07, 6.45) is 1.50. The summed E-state index contributed by atoms with van der Waals surface area (Å²) < 4.78 is 5.41. The molecule has 0 aliphatic carbocycles. The fourth-order valence-corrected chi connectivity index (χ4v) is 2.66. The summed E-state index contributed by atoms with van der Waals surface area (Å²) in [7, 11) is 0. The minimum Gasteiger partial charge on any atom is -0.444 e. The zero-order valence-electron chi connectivity index (χ0n) is 14.7. The number of nitrogens with zero attached hydrogens (tertiary/aromatic N) is 3. The minimum absolute atomic E-state index is 0.215. The van der Waals surface area contributed by atoms with Crippen molar-refractivity contribution in [3.8, 4) is 0 Å². The van der Waals surface area contributed by atoms with Crippen molar-refractivity contribution in [2.24, 2.45) is 0 Å². The van der Waals surface area contributed by atoms with Crippen LogP contribution in [-0.4, -0.2) is 65.7 Å². The first-order valence-electron chi connectivity index (χ1n) is 8.35. The van der Waals surface area contributed by atoms with E-state index in [9.17, 15) is 4.79 Å². The van der Waals surface area contributed by atoms with Crippen LogP contribution in [0.4, 0.5) is 4.79 Å². The third kappa shape index (κ3) is 6.63. The van der Waals surface area contributed by atoms with E-state index in [1.807, 2.05) is 26.8 Å². The molecule has 1 fully saturated rings. The summed E-state index contributed by atoms with van der Waals surface area (Å²) in [5.41, 5.74) is 0.504. The molecule has 1 aliphatic rings. The van der Waals surface area contributed by atoms with Crippen molar-refractivity contribution in [1.29, 1.82) is 0 Å². The second kappa shape index (κ2) is 8.65. The third-order valence-electron chi connectivity index (χ3n) is 3.71. The Kier molecular flexibility index (Phi) is 6.83. The third-order valence-corrected chi connectivity index (χ3v) is 3.95. The van der Waals surface area contributed by atoms with Gasteiger partial charge in [0, 0.05) is 57.0 Å². The Labute approximate surface area is 149 Å². The molecule has 0 spiro atoms. The number of carbonyl (C=O) groups is 1. The predicted octanol–water partition coefficient (Wildman–Crippen LogP) is 2.38. The zero-order valence-corrected chi connectivity index (χ0v) is 15.5. The van der Waals surface area contributed by atoms with Crippen LogP contribution in [0.15, 0.2) is 18.3 Å². The van der Waals surface area contributed by atoms with Gasteiger partial charge in [-0.15, -0.1) is 0 Å². The predicted molar refractivity (Wildman–Crippen MR) is 95.2 cm³/mol. The summed E-state index contributed by atoms with van der Waals surface area (Å²) in [5, 5.41) is 4.08. The smallest absolute Gasteiger partial charge is 0.410 e. The molecule has 1 saturated heterocycles. The summed E-state index contributed by atoms with van der Waals surface area (Å²) in [6, 6.07) is 3.64. The van der Waals surface area contributed by atoms with Crippen LogP contribution >= 0.6 is 11.6 Å². The molecule has 0 radical (unpaired) electrons. The Bertz CT molecular complexity index is 540. The molecule has 1 amide bonds. The van der Waals surface area contributed by atoms with Gasteiger partial charge < -0.3 is 15.0 Å². The van der Waals surface area contributed by atoms with Crippen molar-refractivity contribution >= 4 is 17.7 Å². The van der Waals surface area contributed by atoms with Gasteiger partial charge in [-0.1, -0.05) is 11.6 Å². The maximum Gasteiger partial charge on any atom is 0.410 e. The van der Waals surface area contributed by atoms with E-state index >= 15 is 0 Å². The van der Waals surface area contributed by atoms with Crippen LogP contribution in [-0.2, 0) is 11.3 Å². The molecule has 1 aromatic heterocycles. The number of hydrogen-bond donors (Lipinski definition) is 1. The summed E-state index contributed by atoms with van der Waals surface area (Å²) in [5.74, 6) is 0. The molecule has 0 unspecified atom stereocenters. The molecule has 2 rings (SSSR count). The highest BCUT2D eigenvalue weighted by molar-refractivity contribution is 6.30. The van der Waals surface area contributed by atoms with Crippen molar-refractivity contribution in [3.05, 3.63) is 29.0 Å². The van der Waals surface area contributed by atoms with E-state index in [2.05, 4.69) is 15.2 Å². The van der Waals surface area contributed by atoms with Crippen LogP contribution in [0.1, 0.15) is 26.5 Å². The maximum absolute atomic E-state index is 12.0. The van der Waals surface area contributed by atoms with Gasteiger partial charge in [0.25, 0.3) is 0 Å². The van der Waals surface area contributed by atoms with Crippen LogP contribution in [0.25, 0.3) is 0 Å². The molecule has 24 heavy (non-hydrogen) atoms. The highest BCUT2D eigenvalue weighted by atomic mass is 35.5. The van der Waals surface area contributed by atoms with Gasteiger partial charge in [0.05, 0.1) is 5.69 Å². The second-order valence-electron chi connectivity index (χ2n) is 6.95. The topological polar surface area (TPSA) is 57.7 Å². The van der Waals surface area contributed by atoms with Crippen LogP contribution in [0.3, 0.4) is 0 Å². The average Bonchev–Trinajstić information content (AvgIpc) is 2.50. The standard InChI is InChI=1S/C17H27ClN4O2/c1-17(2,3)24-16(23)22-10-8-21(9-11-22)7-6-19-13-15-12-14(18)4-5-20-15/h4-5,12,19H,6-11,13H2,1-3H3. The number of ether oxygens (including phenoxy) is 1. The molecule has 2 heterocycles. The fraction of sp³-hybridized carbons (Fsp3) is 0.647. The van der Waals surface area contributed by atoms with E-state index in [-0.39, 0.29) is 6.09 Å². The van der Waals surface area contributed by atoms with Crippen molar-refractivity contribution < 1.29 is 9.53 Å². The van der Waals surface area contributed by atoms with E-state index in [1.165, 1.54) is 0 Å². The SMILES string of the molecule is CC(C)(C)OC(=O)N1CCN(CCNCc2cc(Cl)ccn2)CC1. The number of amides is 1. The molecule has 1 aliphatic heterocycles. The molecular weight excluding hydrogens is 328 g/mol.